The van der Waals surface area contributed by atoms with E-state index in [-0.39, 0.29) is 31.1 Å². The van der Waals surface area contributed by atoms with E-state index in [1.165, 1.54) is 283 Å². The van der Waals surface area contributed by atoms with E-state index in [2.05, 4.69) is 45.1 Å². The van der Waals surface area contributed by atoms with Gasteiger partial charge in [-0.25, -0.2) is 0 Å². The maximum absolute atomic E-state index is 12.8. The smallest absolute Gasteiger partial charge is 0.306 e. The van der Waals surface area contributed by atoms with Gasteiger partial charge in [0.05, 0.1) is 0 Å². The monoisotopic (exact) mass is 1070 g/mol. The fraction of sp³-hybridized carbons (Fsp3) is 0.900. The third-order valence-corrected chi connectivity index (χ3v) is 15.7. The largest absolute Gasteiger partial charge is 0.462 e. The van der Waals surface area contributed by atoms with Gasteiger partial charge in [0.15, 0.2) is 6.10 Å². The van der Waals surface area contributed by atoms with Crippen LogP contribution in [-0.2, 0) is 28.6 Å². The number of allylic oxidation sites excluding steroid dienone is 4. The minimum Gasteiger partial charge on any atom is -0.462 e. The minimum atomic E-state index is -0.770. The van der Waals surface area contributed by atoms with Gasteiger partial charge in [-0.1, -0.05) is 321 Å². The summed E-state index contributed by atoms with van der Waals surface area (Å²) in [6.45, 7) is 6.66. The van der Waals surface area contributed by atoms with Gasteiger partial charge in [-0.3, -0.25) is 14.4 Å². The molecule has 0 aliphatic rings. The Morgan fingerprint density at radius 3 is 0.658 bits per heavy atom. The lowest BCUT2D eigenvalue weighted by Crippen LogP contribution is -2.30. The van der Waals surface area contributed by atoms with Crippen LogP contribution in [0.25, 0.3) is 0 Å². The van der Waals surface area contributed by atoms with Gasteiger partial charge in [0.1, 0.15) is 13.2 Å². The van der Waals surface area contributed by atoms with Crippen LogP contribution < -0.4 is 0 Å². The van der Waals surface area contributed by atoms with E-state index in [1.54, 1.807) is 0 Å². The highest BCUT2D eigenvalue weighted by atomic mass is 16.6. The number of rotatable bonds is 64. The summed E-state index contributed by atoms with van der Waals surface area (Å²) >= 11 is 0. The van der Waals surface area contributed by atoms with Crippen molar-refractivity contribution in [2.24, 2.45) is 0 Å². The molecule has 6 heteroatoms. The van der Waals surface area contributed by atoms with Crippen molar-refractivity contribution in [3.8, 4) is 0 Å². The summed E-state index contributed by atoms with van der Waals surface area (Å²) in [6, 6.07) is 0. The summed E-state index contributed by atoms with van der Waals surface area (Å²) in [4.78, 5) is 38.1. The van der Waals surface area contributed by atoms with E-state index in [0.29, 0.717) is 19.3 Å². The molecule has 448 valence electrons. The van der Waals surface area contributed by atoms with E-state index in [1.807, 2.05) is 0 Å². The molecule has 0 spiro atoms. The topological polar surface area (TPSA) is 78.9 Å². The van der Waals surface area contributed by atoms with Crippen molar-refractivity contribution in [2.75, 3.05) is 13.2 Å². The fourth-order valence-corrected chi connectivity index (χ4v) is 10.5. The Kier molecular flexibility index (Phi) is 63.6. The molecule has 6 nitrogen and oxygen atoms in total. The predicted octanol–water partition coefficient (Wildman–Crippen LogP) is 23.4. The first-order valence-corrected chi connectivity index (χ1v) is 34.3. The quantitative estimate of drug-likeness (QED) is 0.0261. The van der Waals surface area contributed by atoms with Crippen LogP contribution in [0.4, 0.5) is 0 Å². The summed E-state index contributed by atoms with van der Waals surface area (Å²) in [5.41, 5.74) is 0. The van der Waals surface area contributed by atoms with Crippen LogP contribution in [0.3, 0.4) is 0 Å². The average Bonchev–Trinajstić information content (AvgIpc) is 3.42. The number of carbonyl (C=O) groups excluding carboxylic acids is 3. The molecule has 0 saturated heterocycles. The molecule has 0 amide bonds. The highest BCUT2D eigenvalue weighted by Crippen LogP contribution is 2.18. The Hall–Kier alpha value is -2.11. The van der Waals surface area contributed by atoms with E-state index >= 15 is 0 Å². The second-order valence-electron chi connectivity index (χ2n) is 23.4. The first-order chi connectivity index (χ1) is 37.5. The Morgan fingerprint density at radius 1 is 0.250 bits per heavy atom. The van der Waals surface area contributed by atoms with Crippen LogP contribution in [0.1, 0.15) is 387 Å². The number of hydrogen-bond acceptors (Lipinski definition) is 6. The fourth-order valence-electron chi connectivity index (χ4n) is 10.5. The van der Waals surface area contributed by atoms with Gasteiger partial charge >= 0.3 is 17.9 Å². The standard InChI is InChI=1S/C70H132O6/c1-4-7-10-13-16-19-21-23-25-26-27-28-29-30-31-32-33-34-35-36-37-38-39-40-41-42-43-44-45-47-48-51-54-57-60-63-69(72)75-66-67(65-74-68(71)62-59-56-53-50-18-15-12-9-6-3)76-70(73)64-61-58-55-52-49-46-24-22-20-17-14-11-8-5-2/h22,24,26-27,67H,4-21,23,25,28-66H2,1-3H3/b24-22-,27-26-. The highest BCUT2D eigenvalue weighted by molar-refractivity contribution is 5.71. The second kappa shape index (κ2) is 65.4. The summed E-state index contributed by atoms with van der Waals surface area (Å²) in [6.07, 6.45) is 79.5. The Bertz CT molecular complexity index is 1230. The average molecular weight is 1070 g/mol. The van der Waals surface area contributed by atoms with Gasteiger partial charge < -0.3 is 14.2 Å². The molecule has 0 aromatic carbocycles. The van der Waals surface area contributed by atoms with Crippen molar-refractivity contribution < 1.29 is 28.6 Å². The molecule has 0 fully saturated rings. The Balaban J connectivity index is 3.94. The lowest BCUT2D eigenvalue weighted by atomic mass is 10.0. The molecule has 0 aliphatic carbocycles. The zero-order valence-corrected chi connectivity index (χ0v) is 51.6. The molecule has 0 aromatic heterocycles. The van der Waals surface area contributed by atoms with E-state index in [9.17, 15) is 14.4 Å². The molecule has 0 saturated carbocycles. The first kappa shape index (κ1) is 73.9. The lowest BCUT2D eigenvalue weighted by molar-refractivity contribution is -0.167. The molecule has 0 heterocycles. The lowest BCUT2D eigenvalue weighted by Gasteiger charge is -2.18. The van der Waals surface area contributed by atoms with Gasteiger partial charge in [-0.15, -0.1) is 0 Å². The Morgan fingerprint density at radius 2 is 0.434 bits per heavy atom. The van der Waals surface area contributed by atoms with Gasteiger partial charge in [-0.2, -0.15) is 0 Å². The van der Waals surface area contributed by atoms with Crippen molar-refractivity contribution in [3.05, 3.63) is 24.3 Å². The molecule has 0 aromatic rings. The van der Waals surface area contributed by atoms with Crippen LogP contribution in [0.15, 0.2) is 24.3 Å². The Labute approximate surface area is 474 Å². The molecule has 0 rings (SSSR count). The van der Waals surface area contributed by atoms with E-state index in [4.69, 9.17) is 14.2 Å². The maximum atomic E-state index is 12.8. The molecule has 0 radical (unpaired) electrons. The molecule has 0 aliphatic heterocycles. The normalized spacial score (nSPS) is 12.1. The van der Waals surface area contributed by atoms with Crippen molar-refractivity contribution in [3.63, 3.8) is 0 Å². The zero-order valence-electron chi connectivity index (χ0n) is 51.6. The summed E-state index contributed by atoms with van der Waals surface area (Å²) in [5.74, 6) is -0.857. The zero-order chi connectivity index (χ0) is 55.0. The van der Waals surface area contributed by atoms with Crippen LogP contribution in [0, 0.1) is 0 Å². The summed E-state index contributed by atoms with van der Waals surface area (Å²) in [7, 11) is 0. The molecule has 1 unspecified atom stereocenters. The van der Waals surface area contributed by atoms with Gasteiger partial charge in [-0.05, 0) is 70.6 Å². The van der Waals surface area contributed by atoms with Gasteiger partial charge in [0.25, 0.3) is 0 Å². The molecule has 1 atom stereocenters. The van der Waals surface area contributed by atoms with Crippen molar-refractivity contribution >= 4 is 17.9 Å². The summed E-state index contributed by atoms with van der Waals surface area (Å²) in [5, 5.41) is 0. The molecule has 76 heavy (non-hydrogen) atoms. The SMILES string of the molecule is CCCCCCC/C=C\CCCCCCCC(=O)OC(COC(=O)CCCCCCCCCCC)COC(=O)CCCCCCCCCCCCCCCCCCCCCCCCC/C=C\CCCCCCCCCC. The van der Waals surface area contributed by atoms with E-state index in [0.717, 1.165) is 64.2 Å². The minimum absolute atomic E-state index is 0.0688. The molecular weight excluding hydrogens is 937 g/mol. The van der Waals surface area contributed by atoms with Crippen molar-refractivity contribution in [1.82, 2.24) is 0 Å². The van der Waals surface area contributed by atoms with E-state index < -0.39 is 6.10 Å². The van der Waals surface area contributed by atoms with Gasteiger partial charge in [0, 0.05) is 19.3 Å². The number of esters is 3. The molecule has 0 bridgehead atoms. The number of hydrogen-bond donors (Lipinski definition) is 0. The van der Waals surface area contributed by atoms with Crippen LogP contribution in [-0.4, -0.2) is 37.2 Å². The summed E-state index contributed by atoms with van der Waals surface area (Å²) < 4.78 is 16.9. The second-order valence-corrected chi connectivity index (χ2v) is 23.4. The highest BCUT2D eigenvalue weighted by Gasteiger charge is 2.19. The van der Waals surface area contributed by atoms with Crippen LogP contribution in [0.5, 0.6) is 0 Å². The van der Waals surface area contributed by atoms with Crippen molar-refractivity contribution in [1.29, 1.82) is 0 Å². The first-order valence-electron chi connectivity index (χ1n) is 34.3. The van der Waals surface area contributed by atoms with Crippen LogP contribution in [0.2, 0.25) is 0 Å². The van der Waals surface area contributed by atoms with Gasteiger partial charge in [0.2, 0.25) is 0 Å². The van der Waals surface area contributed by atoms with Crippen LogP contribution >= 0.6 is 0 Å². The number of ether oxygens (including phenoxy) is 3. The molecular formula is C70H132O6. The maximum Gasteiger partial charge on any atom is 0.306 e. The third kappa shape index (κ3) is 62.7. The third-order valence-electron chi connectivity index (χ3n) is 15.7. The molecule has 0 N–H and O–H groups in total. The number of carbonyl (C=O) groups is 3. The number of unbranched alkanes of at least 4 members (excludes halogenated alkanes) is 49. The van der Waals surface area contributed by atoms with Crippen molar-refractivity contribution in [2.45, 2.75) is 393 Å². The predicted molar refractivity (Wildman–Crippen MR) is 330 cm³/mol.